The van der Waals surface area contributed by atoms with Crippen molar-refractivity contribution < 1.29 is 4.79 Å². The molecule has 1 unspecified atom stereocenters. The van der Waals surface area contributed by atoms with Gasteiger partial charge in [-0.1, -0.05) is 19.1 Å². The van der Waals surface area contributed by atoms with Gasteiger partial charge in [-0.3, -0.25) is 4.79 Å². The molecular formula is C24H32N4O. The minimum Gasteiger partial charge on any atom is -0.368 e. The lowest BCUT2D eigenvalue weighted by Gasteiger charge is -2.37. The van der Waals surface area contributed by atoms with Crippen molar-refractivity contribution in [2.45, 2.75) is 33.6 Å². The van der Waals surface area contributed by atoms with E-state index in [-0.39, 0.29) is 5.91 Å². The second kappa shape index (κ2) is 8.44. The highest BCUT2D eigenvalue weighted by atomic mass is 16.2. The normalized spacial score (nSPS) is 20.1. The van der Waals surface area contributed by atoms with Crippen LogP contribution in [-0.4, -0.2) is 55.1 Å². The molecule has 2 aliphatic heterocycles. The smallest absolute Gasteiger partial charge is 0.255 e. The van der Waals surface area contributed by atoms with E-state index < -0.39 is 0 Å². The third-order valence-corrected chi connectivity index (χ3v) is 6.46. The summed E-state index contributed by atoms with van der Waals surface area (Å²) in [6.07, 6.45) is 4.27. The molecule has 29 heavy (non-hydrogen) atoms. The van der Waals surface area contributed by atoms with Crippen LogP contribution in [-0.2, 0) is 0 Å². The van der Waals surface area contributed by atoms with Crippen molar-refractivity contribution in [3.8, 4) is 0 Å². The summed E-state index contributed by atoms with van der Waals surface area (Å²) in [6.45, 7) is 12.0. The molecule has 1 aromatic carbocycles. The molecule has 2 aliphatic rings. The maximum Gasteiger partial charge on any atom is 0.255 e. The molecule has 1 atom stereocenters. The van der Waals surface area contributed by atoms with Gasteiger partial charge in [-0.25, -0.2) is 4.98 Å². The van der Waals surface area contributed by atoms with Crippen LogP contribution in [0.3, 0.4) is 0 Å². The highest BCUT2D eigenvalue weighted by Crippen LogP contribution is 2.25. The summed E-state index contributed by atoms with van der Waals surface area (Å²) >= 11 is 0. The van der Waals surface area contributed by atoms with E-state index in [9.17, 15) is 4.79 Å². The highest BCUT2D eigenvalue weighted by molar-refractivity contribution is 5.94. The number of hydrogen-bond donors (Lipinski definition) is 0. The van der Waals surface area contributed by atoms with Crippen LogP contribution in [0.2, 0.25) is 0 Å². The number of rotatable bonds is 3. The summed E-state index contributed by atoms with van der Waals surface area (Å²) in [5, 5.41) is 0. The van der Waals surface area contributed by atoms with Crippen molar-refractivity contribution in [2.75, 3.05) is 49.1 Å². The molecule has 0 radical (unpaired) electrons. The second-order valence-corrected chi connectivity index (χ2v) is 8.60. The van der Waals surface area contributed by atoms with E-state index in [0.717, 1.165) is 45.1 Å². The van der Waals surface area contributed by atoms with E-state index in [1.165, 1.54) is 29.7 Å². The first kappa shape index (κ1) is 19.7. The first-order chi connectivity index (χ1) is 14.0. The Morgan fingerprint density at radius 3 is 2.48 bits per heavy atom. The summed E-state index contributed by atoms with van der Waals surface area (Å²) in [5.74, 6) is 1.80. The van der Waals surface area contributed by atoms with Gasteiger partial charge in [-0.2, -0.15) is 0 Å². The second-order valence-electron chi connectivity index (χ2n) is 8.60. The number of anilines is 2. The number of hydrogen-bond acceptors (Lipinski definition) is 4. The molecule has 154 valence electrons. The fraction of sp³-hybridized carbons (Fsp3) is 0.500. The minimum atomic E-state index is 0.0941. The molecule has 4 rings (SSSR count). The molecule has 2 fully saturated rings. The molecule has 5 nitrogen and oxygen atoms in total. The van der Waals surface area contributed by atoms with Gasteiger partial charge in [-0.05, 0) is 61.9 Å². The number of pyridine rings is 1. The molecule has 1 aromatic heterocycles. The highest BCUT2D eigenvalue weighted by Gasteiger charge is 2.24. The van der Waals surface area contributed by atoms with Gasteiger partial charge in [0.1, 0.15) is 5.82 Å². The molecule has 0 N–H and O–H groups in total. The van der Waals surface area contributed by atoms with Gasteiger partial charge in [0.05, 0.1) is 5.56 Å². The number of benzene rings is 1. The quantitative estimate of drug-likeness (QED) is 0.794. The van der Waals surface area contributed by atoms with Gasteiger partial charge in [0.15, 0.2) is 0 Å². The Hall–Kier alpha value is -2.56. The number of piperidine rings is 1. The average molecular weight is 393 g/mol. The first-order valence-corrected chi connectivity index (χ1v) is 10.8. The Balaban J connectivity index is 1.37. The zero-order chi connectivity index (χ0) is 20.4. The van der Waals surface area contributed by atoms with Crippen molar-refractivity contribution in [3.05, 3.63) is 53.2 Å². The van der Waals surface area contributed by atoms with E-state index in [1.807, 2.05) is 17.0 Å². The van der Waals surface area contributed by atoms with Gasteiger partial charge in [-0.15, -0.1) is 0 Å². The number of carbonyl (C=O) groups excluding carboxylic acids is 1. The lowest BCUT2D eigenvalue weighted by Crippen LogP contribution is -2.49. The molecule has 2 saturated heterocycles. The standard InChI is InChI=1S/C24H32N4O/c1-18-6-5-11-28(17-18)23-10-9-21(16-25-23)24(29)27-14-12-26(13-15-27)22-8-4-7-19(2)20(22)3/h4,7-10,16,18H,5-6,11-15,17H2,1-3H3. The number of nitrogens with zero attached hydrogens (tertiary/aromatic N) is 4. The summed E-state index contributed by atoms with van der Waals surface area (Å²) in [4.78, 5) is 24.3. The largest absolute Gasteiger partial charge is 0.368 e. The van der Waals surface area contributed by atoms with Gasteiger partial charge in [0.2, 0.25) is 0 Å². The maximum absolute atomic E-state index is 13.0. The first-order valence-electron chi connectivity index (χ1n) is 10.8. The summed E-state index contributed by atoms with van der Waals surface area (Å²) in [5.41, 5.74) is 4.63. The topological polar surface area (TPSA) is 39.7 Å². The molecule has 1 amide bonds. The maximum atomic E-state index is 13.0. The lowest BCUT2D eigenvalue weighted by atomic mass is 10.0. The molecule has 2 aromatic rings. The summed E-state index contributed by atoms with van der Waals surface area (Å²) < 4.78 is 0. The number of aromatic nitrogens is 1. The van der Waals surface area contributed by atoms with Gasteiger partial charge in [0.25, 0.3) is 5.91 Å². The number of piperazine rings is 1. The molecule has 5 heteroatoms. The zero-order valence-electron chi connectivity index (χ0n) is 17.9. The van der Waals surface area contributed by atoms with E-state index in [4.69, 9.17) is 0 Å². The minimum absolute atomic E-state index is 0.0941. The molecule has 0 saturated carbocycles. The van der Waals surface area contributed by atoms with Crippen LogP contribution in [0.25, 0.3) is 0 Å². The summed E-state index contributed by atoms with van der Waals surface area (Å²) in [7, 11) is 0. The Labute approximate surface area is 174 Å². The monoisotopic (exact) mass is 392 g/mol. The van der Waals surface area contributed by atoms with Crippen LogP contribution >= 0.6 is 0 Å². The lowest BCUT2D eigenvalue weighted by molar-refractivity contribution is 0.0746. The SMILES string of the molecule is Cc1cccc(N2CCN(C(=O)c3ccc(N4CCCC(C)C4)nc3)CC2)c1C. The molecule has 3 heterocycles. The van der Waals surface area contributed by atoms with Crippen LogP contribution in [0.15, 0.2) is 36.5 Å². The van der Waals surface area contributed by atoms with Crippen molar-refractivity contribution >= 4 is 17.4 Å². The number of amides is 1. The predicted molar refractivity (Wildman–Crippen MR) is 119 cm³/mol. The van der Waals surface area contributed by atoms with E-state index in [2.05, 4.69) is 53.8 Å². The number of aryl methyl sites for hydroxylation is 1. The van der Waals surface area contributed by atoms with Crippen LogP contribution in [0.5, 0.6) is 0 Å². The van der Waals surface area contributed by atoms with Gasteiger partial charge < -0.3 is 14.7 Å². The fourth-order valence-electron chi connectivity index (χ4n) is 4.51. The molecule has 0 spiro atoms. The summed E-state index contributed by atoms with van der Waals surface area (Å²) in [6, 6.07) is 10.4. The third-order valence-electron chi connectivity index (χ3n) is 6.46. The van der Waals surface area contributed by atoms with Crippen molar-refractivity contribution in [3.63, 3.8) is 0 Å². The Morgan fingerprint density at radius 1 is 1.00 bits per heavy atom. The molecule has 0 aliphatic carbocycles. The van der Waals surface area contributed by atoms with Crippen LogP contribution < -0.4 is 9.80 Å². The van der Waals surface area contributed by atoms with Crippen molar-refractivity contribution in [1.29, 1.82) is 0 Å². The van der Waals surface area contributed by atoms with Gasteiger partial charge in [0, 0.05) is 51.2 Å². The average Bonchev–Trinajstić information content (AvgIpc) is 2.75. The predicted octanol–water partition coefficient (Wildman–Crippen LogP) is 3.90. The van der Waals surface area contributed by atoms with Crippen molar-refractivity contribution in [2.24, 2.45) is 5.92 Å². The Morgan fingerprint density at radius 2 is 1.79 bits per heavy atom. The molecule has 0 bridgehead atoms. The van der Waals surface area contributed by atoms with Crippen molar-refractivity contribution in [1.82, 2.24) is 9.88 Å². The zero-order valence-corrected chi connectivity index (χ0v) is 17.9. The molecular weight excluding hydrogens is 360 g/mol. The van der Waals surface area contributed by atoms with Crippen LogP contribution in [0.1, 0.15) is 41.3 Å². The number of carbonyl (C=O) groups is 1. The fourth-order valence-corrected chi connectivity index (χ4v) is 4.51. The Kier molecular flexibility index (Phi) is 5.74. The van der Waals surface area contributed by atoms with Crippen LogP contribution in [0, 0.1) is 19.8 Å². The van der Waals surface area contributed by atoms with E-state index >= 15 is 0 Å². The van der Waals surface area contributed by atoms with Crippen LogP contribution in [0.4, 0.5) is 11.5 Å². The Bertz CT molecular complexity index is 856. The van der Waals surface area contributed by atoms with E-state index in [0.29, 0.717) is 11.5 Å². The third kappa shape index (κ3) is 4.24. The van der Waals surface area contributed by atoms with E-state index in [1.54, 1.807) is 6.20 Å². The van der Waals surface area contributed by atoms with Gasteiger partial charge >= 0.3 is 0 Å².